The Bertz CT molecular complexity index is 602. The van der Waals surface area contributed by atoms with Crippen LogP contribution in [-0.2, 0) is 9.84 Å². The molecule has 0 bridgehead atoms. The van der Waals surface area contributed by atoms with Crippen LogP contribution in [0.4, 0.5) is 8.78 Å². The Morgan fingerprint density at radius 2 is 1.90 bits per heavy atom. The molecule has 0 aliphatic carbocycles. The van der Waals surface area contributed by atoms with Crippen molar-refractivity contribution in [1.82, 2.24) is 4.90 Å². The second-order valence-corrected chi connectivity index (χ2v) is 8.56. The Hall–Kier alpha value is -1.05. The summed E-state index contributed by atoms with van der Waals surface area (Å²) in [6, 6.07) is 2.87. The standard InChI is InChI=1S/C14H21F2NO3S/c1-14(2,21(4,19)20)9-17(3)8-13(18)11-7-10(15)5-6-12(11)16/h5-7,13,18H,8-9H2,1-4H3. The van der Waals surface area contributed by atoms with E-state index in [1.54, 1.807) is 25.8 Å². The molecule has 1 unspecified atom stereocenters. The number of sulfone groups is 1. The van der Waals surface area contributed by atoms with E-state index >= 15 is 0 Å². The van der Waals surface area contributed by atoms with Crippen LogP contribution < -0.4 is 0 Å². The van der Waals surface area contributed by atoms with Crippen molar-refractivity contribution in [3.05, 3.63) is 35.4 Å². The number of benzene rings is 1. The Morgan fingerprint density at radius 1 is 1.33 bits per heavy atom. The van der Waals surface area contributed by atoms with Crippen LogP contribution in [0.25, 0.3) is 0 Å². The predicted molar refractivity (Wildman–Crippen MR) is 77.7 cm³/mol. The largest absolute Gasteiger partial charge is 0.387 e. The van der Waals surface area contributed by atoms with Gasteiger partial charge in [-0.05, 0) is 39.1 Å². The number of nitrogens with zero attached hydrogens (tertiary/aromatic N) is 1. The fourth-order valence-electron chi connectivity index (χ4n) is 2.00. The Balaban J connectivity index is 2.79. The van der Waals surface area contributed by atoms with E-state index in [0.29, 0.717) is 0 Å². The zero-order chi connectivity index (χ0) is 16.4. The summed E-state index contributed by atoms with van der Waals surface area (Å²) in [6.45, 7) is 3.32. The zero-order valence-electron chi connectivity index (χ0n) is 12.6. The Kier molecular flexibility index (Phi) is 5.46. The molecule has 1 rings (SSSR count). The molecule has 0 aromatic heterocycles. The lowest BCUT2D eigenvalue weighted by atomic mass is 10.1. The van der Waals surface area contributed by atoms with Crippen LogP contribution in [0.15, 0.2) is 18.2 Å². The second kappa shape index (κ2) is 6.37. The molecule has 1 N–H and O–H groups in total. The van der Waals surface area contributed by atoms with Gasteiger partial charge in [-0.25, -0.2) is 17.2 Å². The van der Waals surface area contributed by atoms with Crippen LogP contribution in [0.2, 0.25) is 0 Å². The lowest BCUT2D eigenvalue weighted by Crippen LogP contribution is -2.43. The molecule has 0 saturated carbocycles. The van der Waals surface area contributed by atoms with Crippen molar-refractivity contribution in [2.24, 2.45) is 0 Å². The predicted octanol–water partition coefficient (Wildman–Crippen LogP) is 1.75. The van der Waals surface area contributed by atoms with Crippen molar-refractivity contribution in [2.75, 3.05) is 26.4 Å². The van der Waals surface area contributed by atoms with Gasteiger partial charge in [0.25, 0.3) is 0 Å². The molecule has 1 atom stereocenters. The van der Waals surface area contributed by atoms with Gasteiger partial charge in [-0.1, -0.05) is 0 Å². The topological polar surface area (TPSA) is 57.6 Å². The molecule has 0 radical (unpaired) electrons. The summed E-state index contributed by atoms with van der Waals surface area (Å²) < 4.78 is 48.9. The lowest BCUT2D eigenvalue weighted by molar-refractivity contribution is 0.119. The van der Waals surface area contributed by atoms with Gasteiger partial charge in [0.15, 0.2) is 9.84 Å². The monoisotopic (exact) mass is 321 g/mol. The average Bonchev–Trinajstić information content (AvgIpc) is 2.29. The summed E-state index contributed by atoms with van der Waals surface area (Å²) in [4.78, 5) is 1.58. The van der Waals surface area contributed by atoms with Gasteiger partial charge in [0.2, 0.25) is 0 Å². The molecule has 0 saturated heterocycles. The number of aliphatic hydroxyl groups is 1. The van der Waals surface area contributed by atoms with E-state index in [-0.39, 0.29) is 18.7 Å². The molecule has 0 amide bonds. The third-order valence-electron chi connectivity index (χ3n) is 3.46. The van der Waals surface area contributed by atoms with Gasteiger partial charge in [-0.3, -0.25) is 0 Å². The number of hydrogen-bond acceptors (Lipinski definition) is 4. The molecule has 0 fully saturated rings. The van der Waals surface area contributed by atoms with E-state index in [1.165, 1.54) is 0 Å². The molecule has 0 heterocycles. The molecule has 4 nitrogen and oxygen atoms in total. The first-order chi connectivity index (χ1) is 9.44. The van der Waals surface area contributed by atoms with Gasteiger partial charge in [0, 0.05) is 24.9 Å². The SMILES string of the molecule is CN(CC(O)c1cc(F)ccc1F)CC(C)(C)S(C)(=O)=O. The smallest absolute Gasteiger partial charge is 0.153 e. The zero-order valence-corrected chi connectivity index (χ0v) is 13.4. The molecule has 0 spiro atoms. The Labute approximate surface area is 124 Å². The van der Waals surface area contributed by atoms with Crippen LogP contribution in [0.5, 0.6) is 0 Å². The molecular formula is C14H21F2NO3S. The fourth-order valence-corrected chi connectivity index (χ4v) is 2.45. The van der Waals surface area contributed by atoms with Crippen molar-refractivity contribution in [3.63, 3.8) is 0 Å². The van der Waals surface area contributed by atoms with Gasteiger partial charge in [0.05, 0.1) is 10.9 Å². The van der Waals surface area contributed by atoms with E-state index in [1.807, 2.05) is 0 Å². The minimum Gasteiger partial charge on any atom is -0.387 e. The highest BCUT2D eigenvalue weighted by molar-refractivity contribution is 7.92. The quantitative estimate of drug-likeness (QED) is 0.867. The molecule has 7 heteroatoms. The maximum absolute atomic E-state index is 13.6. The molecule has 0 aliphatic heterocycles. The van der Waals surface area contributed by atoms with Gasteiger partial charge in [0.1, 0.15) is 11.6 Å². The van der Waals surface area contributed by atoms with Crippen molar-refractivity contribution in [3.8, 4) is 0 Å². The van der Waals surface area contributed by atoms with E-state index in [9.17, 15) is 22.3 Å². The highest BCUT2D eigenvalue weighted by atomic mass is 32.2. The van der Waals surface area contributed by atoms with Crippen molar-refractivity contribution in [1.29, 1.82) is 0 Å². The van der Waals surface area contributed by atoms with Gasteiger partial charge >= 0.3 is 0 Å². The lowest BCUT2D eigenvalue weighted by Gasteiger charge is -2.30. The van der Waals surface area contributed by atoms with E-state index in [4.69, 9.17) is 0 Å². The van der Waals surface area contributed by atoms with Crippen LogP contribution in [0.3, 0.4) is 0 Å². The van der Waals surface area contributed by atoms with Crippen LogP contribution in [-0.4, -0.2) is 49.6 Å². The van der Waals surface area contributed by atoms with E-state index < -0.39 is 32.3 Å². The summed E-state index contributed by atoms with van der Waals surface area (Å²) in [6.07, 6.45) is -0.0928. The number of likely N-dealkylation sites (N-methyl/N-ethyl adjacent to an activating group) is 1. The third kappa shape index (κ3) is 4.72. The maximum atomic E-state index is 13.6. The van der Waals surface area contributed by atoms with E-state index in [2.05, 4.69) is 0 Å². The summed E-state index contributed by atoms with van der Waals surface area (Å²) in [5.74, 6) is -1.33. The van der Waals surface area contributed by atoms with Crippen LogP contribution in [0, 0.1) is 11.6 Å². The van der Waals surface area contributed by atoms with Crippen molar-refractivity contribution >= 4 is 9.84 Å². The number of halogens is 2. The van der Waals surface area contributed by atoms with Crippen LogP contribution >= 0.6 is 0 Å². The van der Waals surface area contributed by atoms with Crippen molar-refractivity contribution < 1.29 is 22.3 Å². The summed E-state index contributed by atoms with van der Waals surface area (Å²) in [7, 11) is -1.65. The minimum absolute atomic E-state index is 0.000671. The summed E-state index contributed by atoms with van der Waals surface area (Å²) in [5, 5.41) is 10.00. The average molecular weight is 321 g/mol. The molecule has 1 aromatic rings. The summed E-state index contributed by atoms with van der Waals surface area (Å²) in [5.41, 5.74) is -0.140. The minimum atomic E-state index is -3.27. The first-order valence-electron chi connectivity index (χ1n) is 6.45. The number of aliphatic hydroxyl groups excluding tert-OH is 1. The molecule has 21 heavy (non-hydrogen) atoms. The van der Waals surface area contributed by atoms with Crippen molar-refractivity contribution in [2.45, 2.75) is 24.7 Å². The maximum Gasteiger partial charge on any atom is 0.153 e. The fraction of sp³-hybridized carbons (Fsp3) is 0.571. The molecule has 120 valence electrons. The highest BCUT2D eigenvalue weighted by Gasteiger charge is 2.32. The first kappa shape index (κ1) is 18.0. The highest BCUT2D eigenvalue weighted by Crippen LogP contribution is 2.21. The van der Waals surface area contributed by atoms with Gasteiger partial charge in [-0.15, -0.1) is 0 Å². The van der Waals surface area contributed by atoms with Crippen LogP contribution in [0.1, 0.15) is 25.5 Å². The number of hydrogen-bond donors (Lipinski definition) is 1. The van der Waals surface area contributed by atoms with Gasteiger partial charge in [-0.2, -0.15) is 0 Å². The molecule has 1 aromatic carbocycles. The Morgan fingerprint density at radius 3 is 2.43 bits per heavy atom. The third-order valence-corrected chi connectivity index (χ3v) is 5.59. The summed E-state index contributed by atoms with van der Waals surface area (Å²) >= 11 is 0. The van der Waals surface area contributed by atoms with E-state index in [0.717, 1.165) is 24.5 Å². The van der Waals surface area contributed by atoms with Gasteiger partial charge < -0.3 is 10.0 Å². The normalized spacial score (nSPS) is 14.5. The second-order valence-electron chi connectivity index (χ2n) is 5.91. The first-order valence-corrected chi connectivity index (χ1v) is 8.34. The number of rotatable bonds is 6. The molecule has 0 aliphatic rings. The molecular weight excluding hydrogens is 300 g/mol.